The molecule has 2 rings (SSSR count). The first-order chi connectivity index (χ1) is 28.3. The van der Waals surface area contributed by atoms with Gasteiger partial charge in [-0.1, -0.05) is 203 Å². The molecule has 0 aromatic heterocycles. The molecule has 4 atom stereocenters. The largest absolute Gasteiger partial charge is 2.00 e. The second-order valence-electron chi connectivity index (χ2n) is 16.3. The zero-order valence-electron chi connectivity index (χ0n) is 37.3. The first-order valence-corrected chi connectivity index (χ1v) is 23.3. The van der Waals surface area contributed by atoms with Crippen molar-refractivity contribution >= 4 is 60.8 Å². The molecule has 0 fully saturated rings. The number of unbranched alkanes of at least 4 members (excludes halogenated alkanes) is 18. The van der Waals surface area contributed by atoms with E-state index in [0.29, 0.717) is 51.7 Å². The van der Waals surface area contributed by atoms with E-state index in [1.165, 1.54) is 103 Å². The van der Waals surface area contributed by atoms with E-state index in [9.17, 15) is 30.0 Å². The third kappa shape index (κ3) is 36.0. The molecule has 59 heavy (non-hydrogen) atoms. The quantitative estimate of drug-likeness (QED) is 0.0501. The van der Waals surface area contributed by atoms with E-state index in [1.54, 1.807) is 0 Å². The van der Waals surface area contributed by atoms with Crippen LogP contribution < -0.4 is 10.2 Å². The van der Waals surface area contributed by atoms with Crippen molar-refractivity contribution in [1.82, 2.24) is 0 Å². The molecule has 0 saturated heterocycles. The Morgan fingerprint density at radius 2 is 0.746 bits per heavy atom. The zero-order valence-corrected chi connectivity index (χ0v) is 41.8. The Morgan fingerprint density at radius 1 is 0.458 bits per heavy atom. The molecule has 332 valence electrons. The standard InChI is InChI=1S/2C25H42O4.Ba/c2*1-2-3-4-5-6-7-8-9-13-19-24(23(26)18-14-15-20-25(27)28)29-21-22-16-11-10-12-17-22;/h2*10-12,16-17,23-24,26H,2-9,13-15,18-21H2,1H3,(H,27,28);/q;;+2/p-2. The summed E-state index contributed by atoms with van der Waals surface area (Å²) in [6.45, 7) is 5.49. The van der Waals surface area contributed by atoms with E-state index < -0.39 is 24.1 Å². The number of aliphatic hydroxyl groups excluding tert-OH is 2. The molecule has 0 aliphatic carbocycles. The van der Waals surface area contributed by atoms with Crippen molar-refractivity contribution in [3.8, 4) is 0 Å². The van der Waals surface area contributed by atoms with Crippen LogP contribution in [-0.2, 0) is 32.3 Å². The first-order valence-electron chi connectivity index (χ1n) is 23.3. The van der Waals surface area contributed by atoms with E-state index in [2.05, 4.69) is 13.8 Å². The van der Waals surface area contributed by atoms with Crippen LogP contribution in [0.3, 0.4) is 0 Å². The molecular weight excluding hydrogens is 866 g/mol. The van der Waals surface area contributed by atoms with Gasteiger partial charge in [-0.2, -0.15) is 0 Å². The fourth-order valence-corrected chi connectivity index (χ4v) is 7.26. The summed E-state index contributed by atoms with van der Waals surface area (Å²) >= 11 is 0. The van der Waals surface area contributed by atoms with Crippen molar-refractivity contribution in [3.05, 3.63) is 71.8 Å². The molecule has 0 radical (unpaired) electrons. The molecule has 0 bridgehead atoms. The number of hydrogen-bond donors (Lipinski definition) is 2. The number of carbonyl (C=O) groups excluding carboxylic acids is 2. The van der Waals surface area contributed by atoms with E-state index in [4.69, 9.17) is 9.47 Å². The van der Waals surface area contributed by atoms with Crippen molar-refractivity contribution in [2.24, 2.45) is 0 Å². The fourth-order valence-electron chi connectivity index (χ4n) is 7.26. The molecule has 0 spiro atoms. The average Bonchev–Trinajstić information content (AvgIpc) is 3.22. The van der Waals surface area contributed by atoms with Crippen LogP contribution in [0.4, 0.5) is 0 Å². The van der Waals surface area contributed by atoms with E-state index in [1.807, 2.05) is 60.7 Å². The molecule has 2 N–H and O–H groups in total. The van der Waals surface area contributed by atoms with Gasteiger partial charge < -0.3 is 39.5 Å². The minimum atomic E-state index is -1.02. The van der Waals surface area contributed by atoms with Gasteiger partial charge in [0.05, 0.1) is 37.6 Å². The molecule has 0 aliphatic rings. The van der Waals surface area contributed by atoms with Crippen LogP contribution in [0, 0.1) is 0 Å². The Morgan fingerprint density at radius 3 is 1.05 bits per heavy atom. The van der Waals surface area contributed by atoms with Crippen molar-refractivity contribution in [2.75, 3.05) is 0 Å². The summed E-state index contributed by atoms with van der Waals surface area (Å²) in [7, 11) is 0. The summed E-state index contributed by atoms with van der Waals surface area (Å²) in [5.74, 6) is -2.04. The van der Waals surface area contributed by atoms with Crippen LogP contribution in [0.5, 0.6) is 0 Å². The van der Waals surface area contributed by atoms with Gasteiger partial charge in [0.2, 0.25) is 0 Å². The van der Waals surface area contributed by atoms with Crippen molar-refractivity contribution in [2.45, 2.75) is 231 Å². The van der Waals surface area contributed by atoms with Crippen LogP contribution in [0.1, 0.15) is 205 Å². The summed E-state index contributed by atoms with van der Waals surface area (Å²) in [6.07, 6.45) is 26.8. The van der Waals surface area contributed by atoms with Gasteiger partial charge in [0.15, 0.2) is 0 Å². The van der Waals surface area contributed by atoms with Crippen LogP contribution in [0.25, 0.3) is 0 Å². The number of ether oxygens (including phenoxy) is 2. The number of aliphatic carboxylic acids is 2. The summed E-state index contributed by atoms with van der Waals surface area (Å²) in [4.78, 5) is 21.1. The van der Waals surface area contributed by atoms with Crippen molar-refractivity contribution < 1.29 is 39.5 Å². The number of carboxylic acid groups (broad SMARTS) is 2. The van der Waals surface area contributed by atoms with E-state index in [-0.39, 0.29) is 73.9 Å². The average molecular weight is 949 g/mol. The molecule has 0 amide bonds. The third-order valence-corrected chi connectivity index (χ3v) is 10.9. The summed E-state index contributed by atoms with van der Waals surface area (Å²) in [6, 6.07) is 20.0. The molecule has 2 aromatic carbocycles. The maximum absolute atomic E-state index is 10.6. The molecule has 2 aromatic rings. The number of aliphatic hydroxyl groups is 2. The number of carboxylic acids is 2. The maximum Gasteiger partial charge on any atom is 2.00 e. The van der Waals surface area contributed by atoms with Crippen LogP contribution in [0.15, 0.2) is 60.7 Å². The fraction of sp³-hybridized carbons (Fsp3) is 0.720. The summed E-state index contributed by atoms with van der Waals surface area (Å²) < 4.78 is 12.1. The number of carbonyl (C=O) groups is 2. The number of hydrogen-bond acceptors (Lipinski definition) is 8. The first kappa shape index (κ1) is 57.8. The Hall–Kier alpha value is -1.21. The number of benzene rings is 2. The Kier molecular flexibility index (Phi) is 41.2. The van der Waals surface area contributed by atoms with Crippen LogP contribution in [-0.4, -0.2) is 95.4 Å². The minimum absolute atomic E-state index is 0. The Labute approximate surface area is 400 Å². The van der Waals surface area contributed by atoms with Crippen LogP contribution in [0.2, 0.25) is 0 Å². The molecule has 0 saturated carbocycles. The summed E-state index contributed by atoms with van der Waals surface area (Å²) in [5.41, 5.74) is 2.21. The molecule has 8 nitrogen and oxygen atoms in total. The van der Waals surface area contributed by atoms with Gasteiger partial charge in [0.1, 0.15) is 0 Å². The molecule has 9 heteroatoms. The summed E-state index contributed by atoms with van der Waals surface area (Å²) in [5, 5.41) is 42.3. The Balaban J connectivity index is 0.00000112. The van der Waals surface area contributed by atoms with Gasteiger partial charge >= 0.3 is 48.9 Å². The predicted octanol–water partition coefficient (Wildman–Crippen LogP) is 9.95. The zero-order chi connectivity index (χ0) is 42.3. The van der Waals surface area contributed by atoms with Crippen LogP contribution >= 0.6 is 0 Å². The minimum Gasteiger partial charge on any atom is -0.550 e. The molecule has 4 unspecified atom stereocenters. The van der Waals surface area contributed by atoms with Gasteiger partial charge in [-0.05, 0) is 62.5 Å². The van der Waals surface area contributed by atoms with Gasteiger partial charge in [0.25, 0.3) is 0 Å². The molecule has 0 aliphatic heterocycles. The Bertz CT molecular complexity index is 1110. The van der Waals surface area contributed by atoms with Gasteiger partial charge in [0, 0.05) is 11.9 Å². The van der Waals surface area contributed by atoms with E-state index in [0.717, 1.165) is 36.8 Å². The topological polar surface area (TPSA) is 139 Å². The smallest absolute Gasteiger partial charge is 0.550 e. The number of rotatable bonds is 38. The van der Waals surface area contributed by atoms with E-state index >= 15 is 0 Å². The second kappa shape index (κ2) is 42.1. The normalized spacial score (nSPS) is 13.1. The monoisotopic (exact) mass is 949 g/mol. The van der Waals surface area contributed by atoms with Gasteiger partial charge in [-0.15, -0.1) is 0 Å². The van der Waals surface area contributed by atoms with Gasteiger partial charge in [-0.25, -0.2) is 0 Å². The van der Waals surface area contributed by atoms with Crippen molar-refractivity contribution in [3.63, 3.8) is 0 Å². The predicted molar refractivity (Wildman–Crippen MR) is 238 cm³/mol. The SMILES string of the molecule is CCCCCCCCCCCC(OCc1ccccc1)C(O)CCCCC(=O)[O-].CCCCCCCCCCCC(OCc1ccccc1)C(O)CCCCC(=O)[O-].[Ba+2]. The molecule has 0 heterocycles. The van der Waals surface area contributed by atoms with Gasteiger partial charge in [-0.3, -0.25) is 0 Å². The molecular formula is C50H82BaO8. The van der Waals surface area contributed by atoms with Crippen molar-refractivity contribution in [1.29, 1.82) is 0 Å². The second-order valence-corrected chi connectivity index (χ2v) is 16.3. The third-order valence-electron chi connectivity index (χ3n) is 10.9. The maximum atomic E-state index is 10.6.